The van der Waals surface area contributed by atoms with Gasteiger partial charge < -0.3 is 19.6 Å². The summed E-state index contributed by atoms with van der Waals surface area (Å²) >= 11 is 5.73. The summed E-state index contributed by atoms with van der Waals surface area (Å²) in [5.74, 6) is -0.588. The van der Waals surface area contributed by atoms with E-state index in [0.717, 1.165) is 19.2 Å². The molecule has 13 heteroatoms. The van der Waals surface area contributed by atoms with Gasteiger partial charge in [0.05, 0.1) is 12.5 Å². The van der Waals surface area contributed by atoms with Crippen LogP contribution in [0.1, 0.15) is 13.2 Å². The first-order chi connectivity index (χ1) is 10.9. The van der Waals surface area contributed by atoms with Gasteiger partial charge in [-0.25, -0.2) is 13.8 Å². The third-order valence-corrected chi connectivity index (χ3v) is 4.76. The molecule has 0 saturated carbocycles. The summed E-state index contributed by atoms with van der Waals surface area (Å²) in [7, 11) is -4.95. The molecule has 1 aliphatic rings. The Morgan fingerprint density at radius 1 is 1.54 bits per heavy atom. The van der Waals surface area contributed by atoms with E-state index in [0.29, 0.717) is 4.57 Å². The second-order valence-corrected chi connectivity index (χ2v) is 6.97. The van der Waals surface area contributed by atoms with Gasteiger partial charge in [-0.2, -0.15) is 0 Å². The molecule has 10 nitrogen and oxygen atoms in total. The molecule has 2 rings (SSSR count). The third kappa shape index (κ3) is 3.33. The smallest absolute Gasteiger partial charge is 0.384 e. The van der Waals surface area contributed by atoms with Gasteiger partial charge in [0, 0.05) is 12.3 Å². The third-order valence-electron chi connectivity index (χ3n) is 3.86. The Morgan fingerprint density at radius 3 is 2.67 bits per heavy atom. The van der Waals surface area contributed by atoms with E-state index in [1.54, 1.807) is 0 Å². The van der Waals surface area contributed by atoms with Crippen molar-refractivity contribution < 1.29 is 33.1 Å². The molecule has 1 aromatic heterocycles. The lowest BCUT2D eigenvalue weighted by Crippen LogP contribution is -2.57. The van der Waals surface area contributed by atoms with E-state index in [2.05, 4.69) is 4.52 Å². The number of nitrogens with one attached hydrogen (secondary N) is 1. The number of ether oxygens (including phenoxy) is 1. The first-order valence-electron chi connectivity index (χ1n) is 6.55. The Bertz CT molecular complexity index is 776. The van der Waals surface area contributed by atoms with Crippen LogP contribution in [0.5, 0.6) is 0 Å². The van der Waals surface area contributed by atoms with Crippen LogP contribution in [-0.2, 0) is 13.8 Å². The zero-order valence-electron chi connectivity index (χ0n) is 12.3. The maximum absolute atomic E-state index is 14.7. The average molecular weight is 389 g/mol. The molecule has 0 spiro atoms. The number of phosphoric acid groups is 1. The van der Waals surface area contributed by atoms with Crippen LogP contribution in [0.4, 0.5) is 4.39 Å². The Morgan fingerprint density at radius 2 is 2.17 bits per heavy atom. The van der Waals surface area contributed by atoms with Crippen LogP contribution in [0.25, 0.3) is 0 Å². The second-order valence-electron chi connectivity index (χ2n) is 5.47. The first kappa shape index (κ1) is 19.3. The van der Waals surface area contributed by atoms with Crippen molar-refractivity contribution in [3.8, 4) is 0 Å². The molecule has 0 unspecified atom stereocenters. The number of aromatic nitrogens is 2. The fourth-order valence-electron chi connectivity index (χ4n) is 2.34. The highest BCUT2D eigenvalue weighted by Crippen LogP contribution is 2.49. The number of hydrogen-bond donors (Lipinski definition) is 4. The maximum Gasteiger partial charge on any atom is 0.469 e. The van der Waals surface area contributed by atoms with Crippen molar-refractivity contribution in [1.82, 2.24) is 9.55 Å². The molecule has 136 valence electrons. The van der Waals surface area contributed by atoms with Gasteiger partial charge in [-0.05, 0) is 6.92 Å². The molecule has 1 aliphatic heterocycles. The topological polar surface area (TPSA) is 151 Å². The van der Waals surface area contributed by atoms with E-state index < -0.39 is 55.2 Å². The average Bonchev–Trinajstić information content (AvgIpc) is 2.65. The molecule has 1 fully saturated rings. The summed E-state index contributed by atoms with van der Waals surface area (Å²) in [5, 5.41) is 10.4. The molecule has 0 radical (unpaired) electrons. The Kier molecular flexibility index (Phi) is 5.09. The van der Waals surface area contributed by atoms with E-state index in [1.807, 2.05) is 4.98 Å². The largest absolute Gasteiger partial charge is 0.469 e. The predicted octanol–water partition coefficient (Wildman–Crippen LogP) is -0.759. The number of phosphoric ester groups is 1. The predicted molar refractivity (Wildman–Crippen MR) is 78.4 cm³/mol. The number of rotatable bonds is 5. The molecule has 0 bridgehead atoms. The fraction of sp³-hybridized carbons (Fsp3) is 0.636. The molecule has 4 atom stereocenters. The van der Waals surface area contributed by atoms with Gasteiger partial charge >= 0.3 is 13.5 Å². The van der Waals surface area contributed by atoms with Crippen LogP contribution in [-0.4, -0.2) is 54.3 Å². The van der Waals surface area contributed by atoms with Crippen LogP contribution >= 0.6 is 19.4 Å². The number of aliphatic hydroxyl groups is 1. The van der Waals surface area contributed by atoms with E-state index in [1.165, 1.54) is 0 Å². The van der Waals surface area contributed by atoms with E-state index >= 15 is 0 Å². The number of H-pyrrole nitrogens is 1. The van der Waals surface area contributed by atoms with Crippen LogP contribution in [0.15, 0.2) is 21.9 Å². The van der Waals surface area contributed by atoms with Gasteiger partial charge in [0.15, 0.2) is 12.4 Å². The standard InChI is InChI=1S/C11H15ClFN2O8P/c1-10(18)7(13)8(15-3-2-6(16)14-9(15)17)23-11(10,4-12)5-22-24(19,20)21/h2-3,7-8,18H,4-5H2,1H3,(H,14,16,17)(H2,19,20,21)/t7-,8+,10-,11+/m0/s1. The van der Waals surface area contributed by atoms with Crippen molar-refractivity contribution in [1.29, 1.82) is 0 Å². The SMILES string of the molecule is C[C@]1(O)[C@@H](F)[C@H](n2ccc(=O)[nH]c2=O)O[C@]1(CCl)COP(=O)(O)O. The molecule has 0 aromatic carbocycles. The lowest BCUT2D eigenvalue weighted by Gasteiger charge is -2.36. The summed E-state index contributed by atoms with van der Waals surface area (Å²) in [6.07, 6.45) is -2.94. The summed E-state index contributed by atoms with van der Waals surface area (Å²) < 4.78 is 35.9. The van der Waals surface area contributed by atoms with Gasteiger partial charge in [0.2, 0.25) is 0 Å². The van der Waals surface area contributed by atoms with Gasteiger partial charge in [-0.1, -0.05) is 0 Å². The minimum Gasteiger partial charge on any atom is -0.384 e. The highest BCUT2D eigenvalue weighted by Gasteiger charge is 2.64. The first-order valence-corrected chi connectivity index (χ1v) is 8.62. The molecule has 0 aliphatic carbocycles. The lowest BCUT2D eigenvalue weighted by atomic mass is 9.85. The summed E-state index contributed by atoms with van der Waals surface area (Å²) in [6, 6.07) is 0.943. The number of halogens is 2. The van der Waals surface area contributed by atoms with Crippen molar-refractivity contribution in [2.75, 3.05) is 12.5 Å². The minimum atomic E-state index is -4.95. The monoisotopic (exact) mass is 388 g/mol. The summed E-state index contributed by atoms with van der Waals surface area (Å²) in [4.78, 5) is 42.4. The summed E-state index contributed by atoms with van der Waals surface area (Å²) in [5.41, 5.74) is -6.10. The van der Waals surface area contributed by atoms with E-state index in [-0.39, 0.29) is 0 Å². The molecule has 0 amide bonds. The normalized spacial score (nSPS) is 33.8. The molecule has 4 N–H and O–H groups in total. The minimum absolute atomic E-state index is 0.588. The molecular weight excluding hydrogens is 374 g/mol. The van der Waals surface area contributed by atoms with Crippen LogP contribution in [0, 0.1) is 0 Å². The van der Waals surface area contributed by atoms with Gasteiger partial charge in [0.1, 0.15) is 11.2 Å². The van der Waals surface area contributed by atoms with Crippen molar-refractivity contribution in [2.45, 2.75) is 30.5 Å². The highest BCUT2D eigenvalue weighted by molar-refractivity contribution is 7.46. The fourth-order valence-corrected chi connectivity index (χ4v) is 3.13. The highest BCUT2D eigenvalue weighted by atomic mass is 35.5. The molecular formula is C11H15ClFN2O8P. The maximum atomic E-state index is 14.7. The van der Waals surface area contributed by atoms with Crippen molar-refractivity contribution in [3.63, 3.8) is 0 Å². The summed E-state index contributed by atoms with van der Waals surface area (Å²) in [6.45, 7) is 0.0720. The number of hydrogen-bond acceptors (Lipinski definition) is 6. The Labute approximate surface area is 139 Å². The van der Waals surface area contributed by atoms with Crippen molar-refractivity contribution in [3.05, 3.63) is 33.1 Å². The zero-order chi connectivity index (χ0) is 18.3. The van der Waals surface area contributed by atoms with Crippen LogP contribution < -0.4 is 11.2 Å². The van der Waals surface area contributed by atoms with Crippen molar-refractivity contribution >= 4 is 19.4 Å². The zero-order valence-corrected chi connectivity index (χ0v) is 13.9. The van der Waals surface area contributed by atoms with Gasteiger partial charge in [0.25, 0.3) is 5.56 Å². The Hall–Kier alpha value is -1.07. The number of aromatic amines is 1. The van der Waals surface area contributed by atoms with Crippen molar-refractivity contribution in [2.24, 2.45) is 0 Å². The molecule has 1 aromatic rings. The molecule has 2 heterocycles. The van der Waals surface area contributed by atoms with Gasteiger partial charge in [-0.15, -0.1) is 11.6 Å². The van der Waals surface area contributed by atoms with Gasteiger partial charge in [-0.3, -0.25) is 18.9 Å². The second kappa shape index (κ2) is 6.34. The van der Waals surface area contributed by atoms with E-state index in [4.69, 9.17) is 26.1 Å². The lowest BCUT2D eigenvalue weighted by molar-refractivity contribution is -0.144. The molecule has 24 heavy (non-hydrogen) atoms. The van der Waals surface area contributed by atoms with Crippen LogP contribution in [0.2, 0.25) is 0 Å². The number of alkyl halides is 2. The van der Waals surface area contributed by atoms with E-state index in [9.17, 15) is 23.7 Å². The quantitative estimate of drug-likeness (QED) is 0.379. The number of nitrogens with zero attached hydrogens (tertiary/aromatic N) is 1. The van der Waals surface area contributed by atoms with Crippen LogP contribution in [0.3, 0.4) is 0 Å². The Balaban J connectivity index is 2.43. The molecule has 1 saturated heterocycles.